The number of para-hydroxylation sites is 1. The molecule has 2 aromatic rings. The maximum absolute atomic E-state index is 13.1. The molecule has 1 saturated heterocycles. The zero-order chi connectivity index (χ0) is 21.0. The average Bonchev–Trinajstić information content (AvgIpc) is 2.74. The number of sulfonamides is 1. The van der Waals surface area contributed by atoms with Crippen molar-refractivity contribution < 1.29 is 13.2 Å². The highest BCUT2D eigenvalue weighted by Gasteiger charge is 2.34. The number of anilines is 1. The van der Waals surface area contributed by atoms with Crippen LogP contribution in [0.3, 0.4) is 0 Å². The van der Waals surface area contributed by atoms with Crippen LogP contribution in [0.1, 0.15) is 12.8 Å². The van der Waals surface area contributed by atoms with Crippen LogP contribution in [0.15, 0.2) is 66.1 Å². The Labute approximate surface area is 181 Å². The smallest absolute Gasteiger partial charge is 0.244 e. The Hall–Kier alpha value is -1.86. The number of nitrogens with zero attached hydrogens (tertiary/aromatic N) is 2. The van der Waals surface area contributed by atoms with Gasteiger partial charge in [0.2, 0.25) is 15.9 Å². The van der Waals surface area contributed by atoms with Crippen molar-refractivity contribution in [2.24, 2.45) is 5.92 Å². The Morgan fingerprint density at radius 1 is 1.14 bits per heavy atom. The molecule has 3 rings (SSSR count). The lowest BCUT2D eigenvalue weighted by atomic mass is 9.96. The zero-order valence-corrected chi connectivity index (χ0v) is 18.1. The molecule has 0 saturated carbocycles. The zero-order valence-electron chi connectivity index (χ0n) is 15.8. The average molecular weight is 453 g/mol. The van der Waals surface area contributed by atoms with Crippen LogP contribution in [0.2, 0.25) is 10.0 Å². The molecule has 0 unspecified atom stereocenters. The van der Waals surface area contributed by atoms with Gasteiger partial charge in [-0.1, -0.05) is 47.5 Å². The highest BCUT2D eigenvalue weighted by atomic mass is 35.5. The number of carbonyl (C=O) groups excluding carboxylic acids is 1. The SMILES string of the molecule is C=CCN(C(=O)C1CCN(S(=O)(=O)c2cc(Cl)ccc2Cl)CC1)c1ccccc1. The lowest BCUT2D eigenvalue weighted by Crippen LogP contribution is -2.44. The molecule has 1 heterocycles. The predicted octanol–water partition coefficient (Wildman–Crippen LogP) is 4.61. The van der Waals surface area contributed by atoms with Crippen molar-refractivity contribution in [3.63, 3.8) is 0 Å². The van der Waals surface area contributed by atoms with E-state index in [9.17, 15) is 13.2 Å². The number of carbonyl (C=O) groups is 1. The van der Waals surface area contributed by atoms with Gasteiger partial charge in [-0.2, -0.15) is 4.31 Å². The van der Waals surface area contributed by atoms with Crippen molar-refractivity contribution in [2.75, 3.05) is 24.5 Å². The van der Waals surface area contributed by atoms with E-state index in [1.807, 2.05) is 30.3 Å². The van der Waals surface area contributed by atoms with Gasteiger partial charge in [0.1, 0.15) is 4.90 Å². The highest BCUT2D eigenvalue weighted by Crippen LogP contribution is 2.31. The van der Waals surface area contributed by atoms with E-state index in [2.05, 4.69) is 6.58 Å². The molecule has 2 aromatic carbocycles. The van der Waals surface area contributed by atoms with Crippen LogP contribution in [0.5, 0.6) is 0 Å². The standard InChI is InChI=1S/C21H22Cl2N2O3S/c1-2-12-25(18-6-4-3-5-7-18)21(26)16-10-13-24(14-11-16)29(27,28)20-15-17(22)8-9-19(20)23/h2-9,15-16H,1,10-14H2. The molecule has 0 aliphatic carbocycles. The second-order valence-electron chi connectivity index (χ2n) is 6.83. The van der Waals surface area contributed by atoms with Gasteiger partial charge in [0.15, 0.2) is 0 Å². The summed E-state index contributed by atoms with van der Waals surface area (Å²) in [4.78, 5) is 14.8. The largest absolute Gasteiger partial charge is 0.308 e. The minimum atomic E-state index is -3.77. The Kier molecular flexibility index (Phi) is 7.01. The summed E-state index contributed by atoms with van der Waals surface area (Å²) in [5.41, 5.74) is 0.804. The number of halogens is 2. The number of rotatable bonds is 6. The van der Waals surface area contributed by atoms with Gasteiger partial charge in [0.05, 0.1) is 5.02 Å². The van der Waals surface area contributed by atoms with Crippen LogP contribution in [0, 0.1) is 5.92 Å². The summed E-state index contributed by atoms with van der Waals surface area (Å²) in [6.07, 6.45) is 2.57. The Morgan fingerprint density at radius 2 is 1.79 bits per heavy atom. The summed E-state index contributed by atoms with van der Waals surface area (Å²) in [5.74, 6) is -0.273. The Bertz CT molecular complexity index is 988. The fraction of sp³-hybridized carbons (Fsp3) is 0.286. The number of piperidine rings is 1. The lowest BCUT2D eigenvalue weighted by Gasteiger charge is -2.33. The summed E-state index contributed by atoms with van der Waals surface area (Å²) in [6, 6.07) is 13.8. The first-order valence-corrected chi connectivity index (χ1v) is 11.5. The van der Waals surface area contributed by atoms with E-state index in [-0.39, 0.29) is 34.8 Å². The molecule has 154 valence electrons. The molecule has 0 spiro atoms. The Morgan fingerprint density at radius 3 is 2.41 bits per heavy atom. The highest BCUT2D eigenvalue weighted by molar-refractivity contribution is 7.89. The summed E-state index contributed by atoms with van der Waals surface area (Å²) in [6.45, 7) is 4.64. The molecule has 0 bridgehead atoms. The molecule has 0 N–H and O–H groups in total. The van der Waals surface area contributed by atoms with E-state index in [0.29, 0.717) is 24.4 Å². The quantitative estimate of drug-likeness (QED) is 0.601. The topological polar surface area (TPSA) is 57.7 Å². The van der Waals surface area contributed by atoms with Gasteiger partial charge in [-0.05, 0) is 43.2 Å². The van der Waals surface area contributed by atoms with Crippen molar-refractivity contribution in [2.45, 2.75) is 17.7 Å². The van der Waals surface area contributed by atoms with Crippen molar-refractivity contribution in [1.82, 2.24) is 4.31 Å². The molecule has 1 aliphatic rings. The third-order valence-corrected chi connectivity index (χ3v) is 7.58. The van der Waals surface area contributed by atoms with Crippen molar-refractivity contribution in [3.05, 3.63) is 71.2 Å². The second-order valence-corrected chi connectivity index (χ2v) is 9.58. The van der Waals surface area contributed by atoms with Crippen molar-refractivity contribution in [3.8, 4) is 0 Å². The van der Waals surface area contributed by atoms with Gasteiger partial charge < -0.3 is 4.90 Å². The van der Waals surface area contributed by atoms with E-state index in [1.54, 1.807) is 17.0 Å². The maximum atomic E-state index is 13.1. The molecule has 1 amide bonds. The van der Waals surface area contributed by atoms with E-state index >= 15 is 0 Å². The number of hydrogen-bond acceptors (Lipinski definition) is 3. The van der Waals surface area contributed by atoms with Crippen molar-refractivity contribution >= 4 is 44.8 Å². The summed E-state index contributed by atoms with van der Waals surface area (Å²) < 4.78 is 27.3. The van der Waals surface area contributed by atoms with E-state index in [1.165, 1.54) is 16.4 Å². The molecular formula is C21H22Cl2N2O3S. The first kappa shape index (κ1) is 21.8. The molecule has 8 heteroatoms. The van der Waals surface area contributed by atoms with Crippen molar-refractivity contribution in [1.29, 1.82) is 0 Å². The molecule has 0 atom stereocenters. The molecule has 0 aromatic heterocycles. The predicted molar refractivity (Wildman–Crippen MR) is 117 cm³/mol. The fourth-order valence-corrected chi connectivity index (χ4v) is 5.64. The molecule has 29 heavy (non-hydrogen) atoms. The number of benzene rings is 2. The molecule has 1 fully saturated rings. The van der Waals surface area contributed by atoms with Crippen LogP contribution < -0.4 is 4.90 Å². The summed E-state index contributed by atoms with van der Waals surface area (Å²) in [5, 5.41) is 0.440. The van der Waals surface area contributed by atoms with Crippen LogP contribution in [0.4, 0.5) is 5.69 Å². The van der Waals surface area contributed by atoms with Crippen LogP contribution in [-0.2, 0) is 14.8 Å². The van der Waals surface area contributed by atoms with Gasteiger partial charge in [-0.15, -0.1) is 6.58 Å². The minimum Gasteiger partial charge on any atom is -0.308 e. The fourth-order valence-electron chi connectivity index (χ4n) is 3.44. The van der Waals surface area contributed by atoms with E-state index < -0.39 is 10.0 Å². The first-order valence-electron chi connectivity index (χ1n) is 9.27. The molecular weight excluding hydrogens is 431 g/mol. The van der Waals surface area contributed by atoms with Gasteiger partial charge in [-0.3, -0.25) is 4.79 Å². The minimum absolute atomic E-state index is 0.00554. The van der Waals surface area contributed by atoms with Crippen LogP contribution in [-0.4, -0.2) is 38.3 Å². The third-order valence-electron chi connectivity index (χ3n) is 4.96. The lowest BCUT2D eigenvalue weighted by molar-refractivity contribution is -0.123. The van der Waals surface area contributed by atoms with Crippen LogP contribution in [0.25, 0.3) is 0 Å². The number of amides is 1. The van der Waals surface area contributed by atoms with Gasteiger partial charge in [0.25, 0.3) is 0 Å². The normalized spacial score (nSPS) is 15.8. The second kappa shape index (κ2) is 9.30. The monoisotopic (exact) mass is 452 g/mol. The van der Waals surface area contributed by atoms with Gasteiger partial charge >= 0.3 is 0 Å². The van der Waals surface area contributed by atoms with Gasteiger partial charge in [-0.25, -0.2) is 8.42 Å². The number of hydrogen-bond donors (Lipinski definition) is 0. The Balaban J connectivity index is 1.73. The van der Waals surface area contributed by atoms with Crippen LogP contribution >= 0.6 is 23.2 Å². The molecule has 5 nitrogen and oxygen atoms in total. The summed E-state index contributed by atoms with van der Waals surface area (Å²) >= 11 is 12.0. The molecule has 0 radical (unpaired) electrons. The van der Waals surface area contributed by atoms with Gasteiger partial charge in [0, 0.05) is 36.3 Å². The van der Waals surface area contributed by atoms with E-state index in [0.717, 1.165) is 5.69 Å². The molecule has 1 aliphatic heterocycles. The first-order chi connectivity index (χ1) is 13.8. The third kappa shape index (κ3) is 4.83. The van der Waals surface area contributed by atoms with E-state index in [4.69, 9.17) is 23.2 Å². The summed E-state index contributed by atoms with van der Waals surface area (Å²) in [7, 11) is -3.77. The maximum Gasteiger partial charge on any atom is 0.244 e.